The monoisotopic (exact) mass is 255 g/mol. The second kappa shape index (κ2) is 3.91. The molecule has 0 amide bonds. The van der Waals surface area contributed by atoms with E-state index >= 15 is 0 Å². The van der Waals surface area contributed by atoms with Gasteiger partial charge in [0.05, 0.1) is 11.6 Å². The van der Waals surface area contributed by atoms with Gasteiger partial charge in [0.2, 0.25) is 0 Å². The van der Waals surface area contributed by atoms with E-state index in [0.29, 0.717) is 6.04 Å². The molecule has 0 saturated carbocycles. The van der Waals surface area contributed by atoms with Gasteiger partial charge in [-0.2, -0.15) is 0 Å². The molecule has 0 bridgehead atoms. The minimum Gasteiger partial charge on any atom is -0.496 e. The summed E-state index contributed by atoms with van der Waals surface area (Å²) in [4.78, 5) is 0. The Labute approximate surface area is 92.8 Å². The number of nitrogens with one attached hydrogen (secondary N) is 1. The minimum absolute atomic E-state index is 0.467. The van der Waals surface area contributed by atoms with Crippen LogP contribution in [-0.4, -0.2) is 7.11 Å². The van der Waals surface area contributed by atoms with Crippen molar-refractivity contribution in [3.8, 4) is 5.75 Å². The second-order valence-electron chi connectivity index (χ2n) is 3.50. The lowest BCUT2D eigenvalue weighted by Crippen LogP contribution is -2.10. The Balaban J connectivity index is 2.50. The highest BCUT2D eigenvalue weighted by atomic mass is 79.9. The first-order chi connectivity index (χ1) is 6.77. The maximum atomic E-state index is 5.29. The molecule has 1 aliphatic rings. The summed E-state index contributed by atoms with van der Waals surface area (Å²) >= 11 is 3.61. The highest BCUT2D eigenvalue weighted by molar-refractivity contribution is 9.10. The first kappa shape index (κ1) is 9.99. The van der Waals surface area contributed by atoms with Crippen molar-refractivity contribution in [2.45, 2.75) is 25.9 Å². The second-order valence-corrected chi connectivity index (χ2v) is 4.29. The fraction of sp³-hybridized carbons (Fsp3) is 0.455. The number of fused-ring (bicyclic) bond motifs is 1. The van der Waals surface area contributed by atoms with Gasteiger partial charge in [-0.15, -0.1) is 0 Å². The first-order valence-corrected chi connectivity index (χ1v) is 5.65. The molecule has 1 N–H and O–H groups in total. The van der Waals surface area contributed by atoms with Crippen molar-refractivity contribution < 1.29 is 4.74 Å². The average molecular weight is 256 g/mol. The molecular weight excluding hydrogens is 242 g/mol. The lowest BCUT2D eigenvalue weighted by Gasteiger charge is -2.13. The van der Waals surface area contributed by atoms with Gasteiger partial charge in [-0.3, -0.25) is 0 Å². The lowest BCUT2D eigenvalue weighted by molar-refractivity contribution is 0.410. The largest absolute Gasteiger partial charge is 0.496 e. The van der Waals surface area contributed by atoms with Crippen LogP contribution in [0.5, 0.6) is 5.75 Å². The quantitative estimate of drug-likeness (QED) is 0.878. The fourth-order valence-electron chi connectivity index (χ4n) is 1.99. The zero-order valence-electron chi connectivity index (χ0n) is 8.43. The zero-order chi connectivity index (χ0) is 10.1. The third kappa shape index (κ3) is 1.44. The molecule has 0 fully saturated rings. The lowest BCUT2D eigenvalue weighted by atomic mass is 10.0. The van der Waals surface area contributed by atoms with Gasteiger partial charge in [0.15, 0.2) is 0 Å². The number of hydrogen-bond donors (Lipinski definition) is 1. The van der Waals surface area contributed by atoms with Gasteiger partial charge < -0.3 is 10.1 Å². The van der Waals surface area contributed by atoms with Gasteiger partial charge in [0, 0.05) is 12.6 Å². The third-order valence-electron chi connectivity index (χ3n) is 2.75. The molecule has 14 heavy (non-hydrogen) atoms. The van der Waals surface area contributed by atoms with Crippen molar-refractivity contribution in [3.63, 3.8) is 0 Å². The number of hydrogen-bond acceptors (Lipinski definition) is 2. The highest BCUT2D eigenvalue weighted by Gasteiger charge is 2.24. The van der Waals surface area contributed by atoms with Gasteiger partial charge in [-0.1, -0.05) is 13.0 Å². The molecule has 0 radical (unpaired) electrons. The normalized spacial score (nSPS) is 19.5. The molecule has 0 saturated heterocycles. The van der Waals surface area contributed by atoms with E-state index in [-0.39, 0.29) is 0 Å². The van der Waals surface area contributed by atoms with Crippen molar-refractivity contribution in [1.29, 1.82) is 0 Å². The summed E-state index contributed by atoms with van der Waals surface area (Å²) in [6.07, 6.45) is 1.11. The molecule has 1 aromatic rings. The standard InChI is InChI=1S/C11H14BrNO/c1-3-8-10-7(6-13-8)4-5-9(14-2)11(10)12/h4-5,8,13H,3,6H2,1-2H3. The molecule has 1 unspecified atom stereocenters. The topological polar surface area (TPSA) is 21.3 Å². The van der Waals surface area contributed by atoms with E-state index in [2.05, 4.69) is 34.2 Å². The molecule has 0 spiro atoms. The Morgan fingerprint density at radius 2 is 2.36 bits per heavy atom. The van der Waals surface area contributed by atoms with E-state index in [1.165, 1.54) is 11.1 Å². The van der Waals surface area contributed by atoms with E-state index in [0.717, 1.165) is 23.2 Å². The van der Waals surface area contributed by atoms with Crippen molar-refractivity contribution >= 4 is 15.9 Å². The predicted molar refractivity (Wildman–Crippen MR) is 60.6 cm³/mol. The number of ether oxygens (including phenoxy) is 1. The average Bonchev–Trinajstić information content (AvgIpc) is 2.62. The van der Waals surface area contributed by atoms with Gasteiger partial charge in [0.1, 0.15) is 5.75 Å². The maximum absolute atomic E-state index is 5.29. The Morgan fingerprint density at radius 3 is 3.00 bits per heavy atom. The van der Waals surface area contributed by atoms with Gasteiger partial charge in [-0.05, 0) is 39.5 Å². The Bertz CT molecular complexity index is 351. The molecule has 2 rings (SSSR count). The van der Waals surface area contributed by atoms with E-state index in [4.69, 9.17) is 4.74 Å². The predicted octanol–water partition coefficient (Wildman–Crippen LogP) is 3.01. The SMILES string of the molecule is CCC1NCc2ccc(OC)c(Br)c21. The molecule has 1 heterocycles. The number of benzene rings is 1. The van der Waals surface area contributed by atoms with Crippen LogP contribution in [0.25, 0.3) is 0 Å². The van der Waals surface area contributed by atoms with Crippen molar-refractivity contribution in [2.24, 2.45) is 0 Å². The van der Waals surface area contributed by atoms with E-state index in [1.807, 2.05) is 6.07 Å². The summed E-state index contributed by atoms with van der Waals surface area (Å²) in [6.45, 7) is 3.16. The summed E-state index contributed by atoms with van der Waals surface area (Å²) in [6, 6.07) is 4.62. The number of rotatable bonds is 2. The van der Waals surface area contributed by atoms with Crippen LogP contribution < -0.4 is 10.1 Å². The molecule has 1 atom stereocenters. The fourth-order valence-corrected chi connectivity index (χ4v) is 2.81. The summed E-state index contributed by atoms with van der Waals surface area (Å²) in [5.74, 6) is 0.922. The molecule has 0 aliphatic carbocycles. The van der Waals surface area contributed by atoms with Crippen LogP contribution >= 0.6 is 15.9 Å². The highest BCUT2D eigenvalue weighted by Crippen LogP contribution is 2.39. The minimum atomic E-state index is 0.467. The van der Waals surface area contributed by atoms with Gasteiger partial charge in [-0.25, -0.2) is 0 Å². The molecule has 76 valence electrons. The first-order valence-electron chi connectivity index (χ1n) is 4.86. The molecule has 0 aromatic heterocycles. The molecule has 3 heteroatoms. The van der Waals surface area contributed by atoms with Crippen LogP contribution in [0.1, 0.15) is 30.5 Å². The van der Waals surface area contributed by atoms with Gasteiger partial charge in [0.25, 0.3) is 0 Å². The maximum Gasteiger partial charge on any atom is 0.133 e. The third-order valence-corrected chi connectivity index (χ3v) is 3.57. The van der Waals surface area contributed by atoms with Crippen LogP contribution in [0.3, 0.4) is 0 Å². The molecule has 2 nitrogen and oxygen atoms in total. The van der Waals surface area contributed by atoms with Crippen molar-refractivity contribution in [3.05, 3.63) is 27.7 Å². The Hall–Kier alpha value is -0.540. The van der Waals surface area contributed by atoms with Crippen molar-refractivity contribution in [2.75, 3.05) is 7.11 Å². The van der Waals surface area contributed by atoms with E-state index in [9.17, 15) is 0 Å². The molecular formula is C11H14BrNO. The molecule has 1 aromatic carbocycles. The Morgan fingerprint density at radius 1 is 1.57 bits per heavy atom. The van der Waals surface area contributed by atoms with Crippen molar-refractivity contribution in [1.82, 2.24) is 5.32 Å². The van der Waals surface area contributed by atoms with Crippen LogP contribution in [0.4, 0.5) is 0 Å². The van der Waals surface area contributed by atoms with Crippen LogP contribution in [-0.2, 0) is 6.54 Å². The Kier molecular flexibility index (Phi) is 2.79. The number of methoxy groups -OCH3 is 1. The van der Waals surface area contributed by atoms with Gasteiger partial charge >= 0.3 is 0 Å². The number of halogens is 1. The zero-order valence-corrected chi connectivity index (χ0v) is 10.0. The summed E-state index contributed by atoms with van der Waals surface area (Å²) in [5.41, 5.74) is 2.75. The van der Waals surface area contributed by atoms with Crippen LogP contribution in [0, 0.1) is 0 Å². The van der Waals surface area contributed by atoms with Crippen LogP contribution in [0.15, 0.2) is 16.6 Å². The van der Waals surface area contributed by atoms with E-state index in [1.54, 1.807) is 7.11 Å². The van der Waals surface area contributed by atoms with Crippen LogP contribution in [0.2, 0.25) is 0 Å². The van der Waals surface area contributed by atoms with E-state index < -0.39 is 0 Å². The summed E-state index contributed by atoms with van der Waals surface area (Å²) < 4.78 is 6.39. The summed E-state index contributed by atoms with van der Waals surface area (Å²) in [7, 11) is 1.70. The summed E-state index contributed by atoms with van der Waals surface area (Å²) in [5, 5.41) is 3.48. The molecule has 1 aliphatic heterocycles. The smallest absolute Gasteiger partial charge is 0.133 e.